The first-order valence-electron chi connectivity index (χ1n) is 5.57. The van der Waals surface area contributed by atoms with Crippen LogP contribution in [0.15, 0.2) is 18.3 Å². The van der Waals surface area contributed by atoms with Gasteiger partial charge in [-0.1, -0.05) is 13.8 Å². The number of aliphatic hydroxyl groups is 1. The Morgan fingerprint density at radius 2 is 2.12 bits per heavy atom. The number of aromatic nitrogens is 1. The zero-order valence-electron chi connectivity index (χ0n) is 10.1. The average Bonchev–Trinajstić information content (AvgIpc) is 2.25. The zero-order chi connectivity index (χ0) is 12.0. The van der Waals surface area contributed by atoms with E-state index in [4.69, 9.17) is 9.84 Å². The second-order valence-corrected chi connectivity index (χ2v) is 4.18. The fourth-order valence-electron chi connectivity index (χ4n) is 1.13. The first-order chi connectivity index (χ1) is 7.58. The minimum absolute atomic E-state index is 0.297. The standard InChI is InChI=1S/C12H20N2O2/c1-9(2)13-6-11-4-5-12(7-14-11)16-8-10(3)15/h4-5,7,9-10,13,15H,6,8H2,1-3H3. The maximum Gasteiger partial charge on any atom is 0.137 e. The molecule has 1 aromatic heterocycles. The van der Waals surface area contributed by atoms with Gasteiger partial charge in [-0.3, -0.25) is 4.98 Å². The first-order valence-corrected chi connectivity index (χ1v) is 5.57. The number of pyridine rings is 1. The molecule has 0 aliphatic rings. The van der Waals surface area contributed by atoms with E-state index in [1.54, 1.807) is 13.1 Å². The fraction of sp³-hybridized carbons (Fsp3) is 0.583. The van der Waals surface area contributed by atoms with Crippen LogP contribution in [0.2, 0.25) is 0 Å². The molecule has 0 aliphatic carbocycles. The quantitative estimate of drug-likeness (QED) is 0.765. The maximum atomic E-state index is 9.06. The van der Waals surface area contributed by atoms with Crippen molar-refractivity contribution < 1.29 is 9.84 Å². The van der Waals surface area contributed by atoms with Gasteiger partial charge in [-0.2, -0.15) is 0 Å². The number of nitrogens with zero attached hydrogens (tertiary/aromatic N) is 1. The van der Waals surface area contributed by atoms with E-state index in [9.17, 15) is 0 Å². The molecule has 4 heteroatoms. The topological polar surface area (TPSA) is 54.4 Å². The van der Waals surface area contributed by atoms with Crippen LogP contribution in [0, 0.1) is 0 Å². The molecule has 0 amide bonds. The molecule has 1 rings (SSSR count). The Kier molecular flexibility index (Phi) is 5.22. The van der Waals surface area contributed by atoms with E-state index in [2.05, 4.69) is 24.1 Å². The van der Waals surface area contributed by atoms with Crippen molar-refractivity contribution in [2.24, 2.45) is 0 Å². The summed E-state index contributed by atoms with van der Waals surface area (Å²) >= 11 is 0. The van der Waals surface area contributed by atoms with E-state index in [0.29, 0.717) is 18.4 Å². The van der Waals surface area contributed by atoms with Crippen molar-refractivity contribution in [2.75, 3.05) is 6.61 Å². The fourth-order valence-corrected chi connectivity index (χ4v) is 1.13. The molecule has 0 bridgehead atoms. The minimum atomic E-state index is -0.456. The Morgan fingerprint density at radius 3 is 2.62 bits per heavy atom. The monoisotopic (exact) mass is 224 g/mol. The summed E-state index contributed by atoms with van der Waals surface area (Å²) in [7, 11) is 0. The molecule has 0 saturated carbocycles. The molecule has 0 spiro atoms. The molecule has 4 nitrogen and oxygen atoms in total. The van der Waals surface area contributed by atoms with Crippen LogP contribution < -0.4 is 10.1 Å². The molecule has 0 saturated heterocycles. The molecule has 1 unspecified atom stereocenters. The molecule has 0 radical (unpaired) electrons. The lowest BCUT2D eigenvalue weighted by atomic mass is 10.3. The summed E-state index contributed by atoms with van der Waals surface area (Å²) in [6.45, 7) is 6.94. The van der Waals surface area contributed by atoms with Crippen molar-refractivity contribution >= 4 is 0 Å². The smallest absolute Gasteiger partial charge is 0.137 e. The van der Waals surface area contributed by atoms with Gasteiger partial charge in [0.05, 0.1) is 18.0 Å². The number of ether oxygens (including phenoxy) is 1. The normalized spacial score (nSPS) is 12.8. The summed E-state index contributed by atoms with van der Waals surface area (Å²) in [5.74, 6) is 0.689. The molecule has 90 valence electrons. The van der Waals surface area contributed by atoms with Gasteiger partial charge < -0.3 is 15.2 Å². The number of hydrogen-bond acceptors (Lipinski definition) is 4. The van der Waals surface area contributed by atoms with Crippen molar-refractivity contribution in [3.8, 4) is 5.75 Å². The van der Waals surface area contributed by atoms with Crippen LogP contribution in [-0.2, 0) is 6.54 Å². The highest BCUT2D eigenvalue weighted by Gasteiger charge is 2.00. The third-order valence-corrected chi connectivity index (χ3v) is 1.98. The lowest BCUT2D eigenvalue weighted by Crippen LogP contribution is -2.22. The van der Waals surface area contributed by atoms with Crippen molar-refractivity contribution in [3.05, 3.63) is 24.0 Å². The van der Waals surface area contributed by atoms with E-state index in [-0.39, 0.29) is 0 Å². The Bertz CT molecular complexity index is 265. The predicted molar refractivity (Wildman–Crippen MR) is 63.4 cm³/mol. The van der Waals surface area contributed by atoms with Gasteiger partial charge >= 0.3 is 0 Å². The second kappa shape index (κ2) is 6.45. The van der Waals surface area contributed by atoms with Crippen molar-refractivity contribution in [3.63, 3.8) is 0 Å². The van der Waals surface area contributed by atoms with Crippen molar-refractivity contribution in [1.82, 2.24) is 10.3 Å². The summed E-state index contributed by atoms with van der Waals surface area (Å²) in [6, 6.07) is 4.24. The van der Waals surface area contributed by atoms with E-state index in [0.717, 1.165) is 12.2 Å². The van der Waals surface area contributed by atoms with Crippen LogP contribution in [0.1, 0.15) is 26.5 Å². The number of rotatable bonds is 6. The lowest BCUT2D eigenvalue weighted by molar-refractivity contribution is 0.122. The minimum Gasteiger partial charge on any atom is -0.489 e. The molecule has 0 fully saturated rings. The first kappa shape index (κ1) is 12.9. The third kappa shape index (κ3) is 5.09. The Labute approximate surface area is 96.7 Å². The molecule has 1 aromatic rings. The molecule has 0 aliphatic heterocycles. The maximum absolute atomic E-state index is 9.06. The Balaban J connectivity index is 2.41. The van der Waals surface area contributed by atoms with Crippen LogP contribution in [-0.4, -0.2) is 28.8 Å². The highest BCUT2D eigenvalue weighted by atomic mass is 16.5. The van der Waals surface area contributed by atoms with E-state index in [1.807, 2.05) is 12.1 Å². The highest BCUT2D eigenvalue weighted by Crippen LogP contribution is 2.09. The van der Waals surface area contributed by atoms with Crippen LogP contribution in [0.4, 0.5) is 0 Å². The summed E-state index contributed by atoms with van der Waals surface area (Å²) in [5.41, 5.74) is 0.984. The molecule has 0 aromatic carbocycles. The second-order valence-electron chi connectivity index (χ2n) is 4.18. The SMILES string of the molecule is CC(O)COc1ccc(CNC(C)C)nc1. The van der Waals surface area contributed by atoms with E-state index >= 15 is 0 Å². The number of nitrogens with one attached hydrogen (secondary N) is 1. The van der Waals surface area contributed by atoms with Gasteiger partial charge in [-0.05, 0) is 19.1 Å². The van der Waals surface area contributed by atoms with Crippen molar-refractivity contribution in [2.45, 2.75) is 39.5 Å². The molecular formula is C12H20N2O2. The lowest BCUT2D eigenvalue weighted by Gasteiger charge is -2.09. The Morgan fingerprint density at radius 1 is 1.38 bits per heavy atom. The summed E-state index contributed by atoms with van der Waals surface area (Å²) in [5, 5.41) is 12.3. The summed E-state index contributed by atoms with van der Waals surface area (Å²) in [6.07, 6.45) is 1.22. The van der Waals surface area contributed by atoms with Gasteiger partial charge in [0.25, 0.3) is 0 Å². The van der Waals surface area contributed by atoms with Crippen molar-refractivity contribution in [1.29, 1.82) is 0 Å². The predicted octanol–water partition coefficient (Wildman–Crippen LogP) is 1.34. The summed E-state index contributed by atoms with van der Waals surface area (Å²) in [4.78, 5) is 4.26. The molecule has 16 heavy (non-hydrogen) atoms. The number of aliphatic hydroxyl groups excluding tert-OH is 1. The molecule has 1 atom stereocenters. The number of hydrogen-bond donors (Lipinski definition) is 2. The highest BCUT2D eigenvalue weighted by molar-refractivity contribution is 5.19. The van der Waals surface area contributed by atoms with Gasteiger partial charge in [0, 0.05) is 12.6 Å². The van der Waals surface area contributed by atoms with Gasteiger partial charge in [-0.15, -0.1) is 0 Å². The van der Waals surface area contributed by atoms with Gasteiger partial charge in [0.1, 0.15) is 12.4 Å². The van der Waals surface area contributed by atoms with Gasteiger partial charge in [-0.25, -0.2) is 0 Å². The molecule has 2 N–H and O–H groups in total. The van der Waals surface area contributed by atoms with Gasteiger partial charge in [0.2, 0.25) is 0 Å². The van der Waals surface area contributed by atoms with Gasteiger partial charge in [0.15, 0.2) is 0 Å². The van der Waals surface area contributed by atoms with Crippen LogP contribution in [0.25, 0.3) is 0 Å². The van der Waals surface area contributed by atoms with Crippen LogP contribution in [0.5, 0.6) is 5.75 Å². The third-order valence-electron chi connectivity index (χ3n) is 1.98. The largest absolute Gasteiger partial charge is 0.489 e. The average molecular weight is 224 g/mol. The Hall–Kier alpha value is -1.13. The van der Waals surface area contributed by atoms with E-state index < -0.39 is 6.10 Å². The van der Waals surface area contributed by atoms with E-state index in [1.165, 1.54) is 0 Å². The molecule has 1 heterocycles. The van der Waals surface area contributed by atoms with Crippen LogP contribution >= 0.6 is 0 Å². The van der Waals surface area contributed by atoms with Crippen LogP contribution in [0.3, 0.4) is 0 Å². The molecular weight excluding hydrogens is 204 g/mol. The summed E-state index contributed by atoms with van der Waals surface area (Å²) < 4.78 is 5.32. The zero-order valence-corrected chi connectivity index (χ0v) is 10.1.